The van der Waals surface area contributed by atoms with Gasteiger partial charge >= 0.3 is 5.97 Å². The first-order chi connectivity index (χ1) is 9.18. The van der Waals surface area contributed by atoms with Crippen molar-refractivity contribution in [3.8, 4) is 0 Å². The molecule has 1 N–H and O–H groups in total. The van der Waals surface area contributed by atoms with Crippen molar-refractivity contribution in [3.63, 3.8) is 0 Å². The van der Waals surface area contributed by atoms with Crippen molar-refractivity contribution in [2.45, 2.75) is 31.1 Å². The van der Waals surface area contributed by atoms with Gasteiger partial charge in [-0.1, -0.05) is 18.2 Å². The van der Waals surface area contributed by atoms with Gasteiger partial charge in [0.25, 0.3) is 0 Å². The SMILES string of the molecule is Cn1c2c(c3ccccc31)C1CCC2C(C(=O)O)C1. The molecule has 1 saturated carbocycles. The molecule has 0 aliphatic heterocycles. The number of carboxylic acid groups (broad SMARTS) is 1. The predicted molar refractivity (Wildman–Crippen MR) is 73.4 cm³/mol. The summed E-state index contributed by atoms with van der Waals surface area (Å²) in [6.07, 6.45) is 3.00. The van der Waals surface area contributed by atoms with Gasteiger partial charge in [0.2, 0.25) is 0 Å². The third-order valence-corrected chi connectivity index (χ3v) is 5.12. The van der Waals surface area contributed by atoms with Crippen LogP contribution in [0.3, 0.4) is 0 Å². The Bertz CT molecular complexity index is 685. The Morgan fingerprint density at radius 1 is 1.32 bits per heavy atom. The predicted octanol–water partition coefficient (Wildman–Crippen LogP) is 3.24. The Kier molecular flexibility index (Phi) is 2.12. The molecule has 3 heteroatoms. The van der Waals surface area contributed by atoms with Gasteiger partial charge in [-0.25, -0.2) is 0 Å². The van der Waals surface area contributed by atoms with Crippen LogP contribution in [0.4, 0.5) is 0 Å². The quantitative estimate of drug-likeness (QED) is 0.850. The zero-order valence-corrected chi connectivity index (χ0v) is 11.0. The molecule has 3 nitrogen and oxygen atoms in total. The van der Waals surface area contributed by atoms with Crippen LogP contribution in [0.1, 0.15) is 42.4 Å². The van der Waals surface area contributed by atoms with E-state index < -0.39 is 5.97 Å². The van der Waals surface area contributed by atoms with E-state index in [4.69, 9.17) is 0 Å². The number of aliphatic carboxylic acids is 1. The van der Waals surface area contributed by atoms with E-state index in [1.54, 1.807) is 0 Å². The molecule has 1 heterocycles. The third kappa shape index (κ3) is 1.30. The minimum absolute atomic E-state index is 0.186. The summed E-state index contributed by atoms with van der Waals surface area (Å²) in [4.78, 5) is 11.5. The van der Waals surface area contributed by atoms with Gasteiger partial charge in [-0.05, 0) is 36.8 Å². The maximum atomic E-state index is 11.5. The van der Waals surface area contributed by atoms with Crippen LogP contribution >= 0.6 is 0 Å². The summed E-state index contributed by atoms with van der Waals surface area (Å²) in [7, 11) is 2.08. The lowest BCUT2D eigenvalue weighted by Crippen LogP contribution is -2.35. The van der Waals surface area contributed by atoms with Gasteiger partial charge in [-0.2, -0.15) is 0 Å². The van der Waals surface area contributed by atoms with Crippen LogP contribution in [0.2, 0.25) is 0 Å². The fourth-order valence-electron chi connectivity index (χ4n) is 4.35. The van der Waals surface area contributed by atoms with Crippen LogP contribution < -0.4 is 0 Å². The van der Waals surface area contributed by atoms with E-state index in [1.165, 1.54) is 22.2 Å². The number of rotatable bonds is 1. The molecule has 0 saturated heterocycles. The fourth-order valence-corrected chi connectivity index (χ4v) is 4.35. The maximum absolute atomic E-state index is 11.5. The third-order valence-electron chi connectivity index (χ3n) is 5.12. The Hall–Kier alpha value is -1.77. The molecule has 1 fully saturated rings. The van der Waals surface area contributed by atoms with Crippen molar-refractivity contribution >= 4 is 16.9 Å². The minimum atomic E-state index is -0.620. The highest BCUT2D eigenvalue weighted by molar-refractivity contribution is 5.88. The highest BCUT2D eigenvalue weighted by Gasteiger charge is 2.45. The van der Waals surface area contributed by atoms with Gasteiger partial charge in [0.15, 0.2) is 0 Å². The molecule has 0 spiro atoms. The molecule has 3 unspecified atom stereocenters. The lowest BCUT2D eigenvalue weighted by molar-refractivity contribution is -0.144. The lowest BCUT2D eigenvalue weighted by atomic mass is 9.63. The zero-order valence-electron chi connectivity index (χ0n) is 11.0. The molecule has 3 aliphatic rings. The molecule has 0 radical (unpaired) electrons. The number of carbonyl (C=O) groups is 1. The highest BCUT2D eigenvalue weighted by Crippen LogP contribution is 2.55. The molecular formula is C16H17NO2. The van der Waals surface area contributed by atoms with E-state index in [2.05, 4.69) is 35.9 Å². The monoisotopic (exact) mass is 255 g/mol. The van der Waals surface area contributed by atoms with Crippen molar-refractivity contribution < 1.29 is 9.90 Å². The maximum Gasteiger partial charge on any atom is 0.307 e. The highest BCUT2D eigenvalue weighted by atomic mass is 16.4. The molecule has 19 heavy (non-hydrogen) atoms. The van der Waals surface area contributed by atoms with Gasteiger partial charge in [0.05, 0.1) is 5.92 Å². The first-order valence-corrected chi connectivity index (χ1v) is 6.98. The summed E-state index contributed by atoms with van der Waals surface area (Å²) < 4.78 is 2.23. The molecule has 1 aromatic carbocycles. The molecule has 2 bridgehead atoms. The van der Waals surface area contributed by atoms with E-state index >= 15 is 0 Å². The van der Waals surface area contributed by atoms with Crippen molar-refractivity contribution in [1.82, 2.24) is 4.57 Å². The molecular weight excluding hydrogens is 238 g/mol. The summed E-state index contributed by atoms with van der Waals surface area (Å²) in [6, 6.07) is 8.47. The van der Waals surface area contributed by atoms with Gasteiger partial charge in [0, 0.05) is 29.6 Å². The first-order valence-electron chi connectivity index (χ1n) is 6.98. The number of hydrogen-bond donors (Lipinski definition) is 1. The number of benzene rings is 1. The van der Waals surface area contributed by atoms with Crippen molar-refractivity contribution in [3.05, 3.63) is 35.5 Å². The molecule has 0 amide bonds. The van der Waals surface area contributed by atoms with E-state index in [0.717, 1.165) is 19.3 Å². The number of carboxylic acids is 1. The number of aromatic nitrogens is 1. The van der Waals surface area contributed by atoms with Crippen LogP contribution in [0.15, 0.2) is 24.3 Å². The summed E-state index contributed by atoms with van der Waals surface area (Å²) in [6.45, 7) is 0. The number of hydrogen-bond acceptors (Lipinski definition) is 1. The molecule has 3 aliphatic carbocycles. The summed E-state index contributed by atoms with van der Waals surface area (Å²) in [5.41, 5.74) is 3.97. The van der Waals surface area contributed by atoms with E-state index in [1.807, 2.05) is 0 Å². The van der Waals surface area contributed by atoms with Gasteiger partial charge in [0.1, 0.15) is 0 Å². The molecule has 3 atom stereocenters. The number of para-hydroxylation sites is 1. The largest absolute Gasteiger partial charge is 0.481 e. The molecule has 5 rings (SSSR count). The summed E-state index contributed by atoms with van der Waals surface area (Å²) >= 11 is 0. The Labute approximate surface area is 111 Å². The average molecular weight is 255 g/mol. The second-order valence-electron chi connectivity index (χ2n) is 5.94. The van der Waals surface area contributed by atoms with Crippen molar-refractivity contribution in [1.29, 1.82) is 0 Å². The second kappa shape index (κ2) is 3.62. The zero-order chi connectivity index (χ0) is 13.1. The standard InChI is InChI=1S/C16H17NO2/c1-17-13-5-3-2-4-11(13)14-9-6-7-10(15(14)17)12(8-9)16(18)19/h2-5,9-10,12H,6-8H2,1H3,(H,18,19). The fraction of sp³-hybridized carbons (Fsp3) is 0.438. The Morgan fingerprint density at radius 3 is 2.89 bits per heavy atom. The number of aryl methyl sites for hydroxylation is 1. The first kappa shape index (κ1) is 11.1. The summed E-state index contributed by atoms with van der Waals surface area (Å²) in [5, 5.41) is 10.8. The lowest BCUT2D eigenvalue weighted by Gasteiger charge is -2.41. The molecule has 2 aromatic rings. The molecule has 98 valence electrons. The van der Waals surface area contributed by atoms with E-state index in [-0.39, 0.29) is 11.8 Å². The summed E-state index contributed by atoms with van der Waals surface area (Å²) in [5.74, 6) is -0.165. The normalized spacial score (nSPS) is 28.6. The van der Waals surface area contributed by atoms with Crippen LogP contribution in [0.5, 0.6) is 0 Å². The van der Waals surface area contributed by atoms with Gasteiger partial charge < -0.3 is 9.67 Å². The van der Waals surface area contributed by atoms with E-state index in [0.29, 0.717) is 5.92 Å². The molecule has 1 aromatic heterocycles. The van der Waals surface area contributed by atoms with Crippen LogP contribution in [0.25, 0.3) is 10.9 Å². The van der Waals surface area contributed by atoms with Gasteiger partial charge in [-0.3, -0.25) is 4.79 Å². The number of nitrogens with zero attached hydrogens (tertiary/aromatic N) is 1. The Morgan fingerprint density at radius 2 is 2.11 bits per heavy atom. The van der Waals surface area contributed by atoms with Gasteiger partial charge in [-0.15, -0.1) is 0 Å². The van der Waals surface area contributed by atoms with Crippen LogP contribution in [0, 0.1) is 5.92 Å². The van der Waals surface area contributed by atoms with Crippen molar-refractivity contribution in [2.75, 3.05) is 0 Å². The minimum Gasteiger partial charge on any atom is -0.481 e. The van der Waals surface area contributed by atoms with Crippen LogP contribution in [-0.4, -0.2) is 15.6 Å². The average Bonchev–Trinajstić information content (AvgIpc) is 2.76. The smallest absolute Gasteiger partial charge is 0.307 e. The van der Waals surface area contributed by atoms with Crippen LogP contribution in [-0.2, 0) is 11.8 Å². The second-order valence-corrected chi connectivity index (χ2v) is 5.94. The van der Waals surface area contributed by atoms with Crippen molar-refractivity contribution in [2.24, 2.45) is 13.0 Å². The number of fused-ring (bicyclic) bond motifs is 3. The van der Waals surface area contributed by atoms with E-state index in [9.17, 15) is 9.90 Å². The topological polar surface area (TPSA) is 42.2 Å². The Balaban J connectivity index is 2.02.